The largest absolute Gasteiger partial charge is 0.486 e. The van der Waals surface area contributed by atoms with Gasteiger partial charge in [0.25, 0.3) is 5.91 Å². The van der Waals surface area contributed by atoms with Crippen molar-refractivity contribution in [1.29, 1.82) is 0 Å². The van der Waals surface area contributed by atoms with Gasteiger partial charge in [0.05, 0.1) is 22.8 Å². The van der Waals surface area contributed by atoms with Gasteiger partial charge in [-0.1, -0.05) is 17.3 Å². The van der Waals surface area contributed by atoms with Gasteiger partial charge in [-0.15, -0.1) is 0 Å². The SMILES string of the molecule is Cc1onc(C(=O)Nc2cccc(Cn3cc(Br)cn3)c2)c1COc1ccc(F)cc1F. The van der Waals surface area contributed by atoms with Gasteiger partial charge in [-0.2, -0.15) is 5.10 Å². The van der Waals surface area contributed by atoms with Gasteiger partial charge in [0, 0.05) is 18.0 Å². The highest BCUT2D eigenvalue weighted by molar-refractivity contribution is 9.10. The first-order valence-corrected chi connectivity index (χ1v) is 10.3. The first kappa shape index (κ1) is 21.7. The highest BCUT2D eigenvalue weighted by atomic mass is 79.9. The van der Waals surface area contributed by atoms with Crippen LogP contribution in [0.5, 0.6) is 5.75 Å². The van der Waals surface area contributed by atoms with E-state index in [9.17, 15) is 13.6 Å². The standard InChI is InChI=1S/C22H17BrF2N4O3/c1-13-18(12-31-20-6-5-16(24)8-19(20)25)21(28-32-13)22(30)27-17-4-2-3-14(7-17)10-29-11-15(23)9-26-29/h2-9,11H,10,12H2,1H3,(H,27,30). The minimum Gasteiger partial charge on any atom is -0.486 e. The molecule has 0 spiro atoms. The number of rotatable bonds is 7. The summed E-state index contributed by atoms with van der Waals surface area (Å²) < 4.78 is 40.1. The van der Waals surface area contributed by atoms with Crippen LogP contribution >= 0.6 is 15.9 Å². The number of carbonyl (C=O) groups is 1. The topological polar surface area (TPSA) is 82.2 Å². The van der Waals surface area contributed by atoms with E-state index in [1.54, 1.807) is 23.9 Å². The highest BCUT2D eigenvalue weighted by Crippen LogP contribution is 2.22. The van der Waals surface area contributed by atoms with E-state index in [-0.39, 0.29) is 18.1 Å². The summed E-state index contributed by atoms with van der Waals surface area (Å²) in [5, 5.41) is 10.8. The fraction of sp³-hybridized carbons (Fsp3) is 0.136. The summed E-state index contributed by atoms with van der Waals surface area (Å²) in [7, 11) is 0. The van der Waals surface area contributed by atoms with Crippen LogP contribution in [0.3, 0.4) is 0 Å². The van der Waals surface area contributed by atoms with Gasteiger partial charge in [0.15, 0.2) is 17.3 Å². The molecule has 7 nitrogen and oxygen atoms in total. The average Bonchev–Trinajstić information content (AvgIpc) is 3.32. The number of aryl methyl sites for hydroxylation is 1. The minimum absolute atomic E-state index is 0.0198. The number of carbonyl (C=O) groups excluding carboxylic acids is 1. The van der Waals surface area contributed by atoms with Crippen LogP contribution in [-0.2, 0) is 13.2 Å². The lowest BCUT2D eigenvalue weighted by atomic mass is 10.1. The molecule has 10 heteroatoms. The van der Waals surface area contributed by atoms with Crippen molar-refractivity contribution in [3.8, 4) is 5.75 Å². The molecule has 164 valence electrons. The molecule has 1 N–H and O–H groups in total. The van der Waals surface area contributed by atoms with E-state index in [0.29, 0.717) is 23.6 Å². The Bertz CT molecular complexity index is 1270. The maximum Gasteiger partial charge on any atom is 0.278 e. The van der Waals surface area contributed by atoms with Crippen molar-refractivity contribution in [2.75, 3.05) is 5.32 Å². The quantitative estimate of drug-likeness (QED) is 0.380. The molecule has 0 aliphatic carbocycles. The molecule has 1 amide bonds. The molecule has 0 saturated heterocycles. The molecule has 32 heavy (non-hydrogen) atoms. The third-order valence-electron chi connectivity index (χ3n) is 4.60. The van der Waals surface area contributed by atoms with Gasteiger partial charge in [0.1, 0.15) is 18.2 Å². The molecular formula is C22H17BrF2N4O3. The average molecular weight is 503 g/mol. The van der Waals surface area contributed by atoms with Gasteiger partial charge in [-0.3, -0.25) is 9.48 Å². The van der Waals surface area contributed by atoms with Crippen molar-refractivity contribution >= 4 is 27.5 Å². The molecule has 2 aromatic carbocycles. The summed E-state index contributed by atoms with van der Waals surface area (Å²) in [6.45, 7) is 1.97. The van der Waals surface area contributed by atoms with Gasteiger partial charge >= 0.3 is 0 Å². The van der Waals surface area contributed by atoms with Gasteiger partial charge in [-0.05, 0) is 52.7 Å². The van der Waals surface area contributed by atoms with Crippen LogP contribution in [0.4, 0.5) is 14.5 Å². The maximum atomic E-state index is 13.8. The third-order valence-corrected chi connectivity index (χ3v) is 5.01. The molecule has 0 aliphatic rings. The predicted molar refractivity (Wildman–Crippen MR) is 115 cm³/mol. The van der Waals surface area contributed by atoms with Crippen molar-refractivity contribution in [1.82, 2.24) is 14.9 Å². The Morgan fingerprint density at radius 1 is 1.25 bits per heavy atom. The first-order valence-electron chi connectivity index (χ1n) is 9.50. The lowest BCUT2D eigenvalue weighted by molar-refractivity contribution is 0.101. The third kappa shape index (κ3) is 5.02. The number of ether oxygens (including phenoxy) is 1. The van der Waals surface area contributed by atoms with E-state index in [2.05, 4.69) is 31.5 Å². The molecule has 0 atom stereocenters. The van der Waals surface area contributed by atoms with Crippen molar-refractivity contribution in [3.05, 3.63) is 93.5 Å². The van der Waals surface area contributed by atoms with E-state index < -0.39 is 17.5 Å². The number of hydrogen-bond donors (Lipinski definition) is 1. The summed E-state index contributed by atoms with van der Waals surface area (Å²) in [4.78, 5) is 12.8. The zero-order valence-electron chi connectivity index (χ0n) is 16.8. The Morgan fingerprint density at radius 3 is 2.84 bits per heavy atom. The van der Waals surface area contributed by atoms with Gasteiger partial charge in [0.2, 0.25) is 0 Å². The summed E-state index contributed by atoms with van der Waals surface area (Å²) >= 11 is 3.36. The van der Waals surface area contributed by atoms with Crippen LogP contribution in [0.2, 0.25) is 0 Å². The highest BCUT2D eigenvalue weighted by Gasteiger charge is 2.21. The number of nitrogens with zero attached hydrogens (tertiary/aromatic N) is 3. The number of nitrogens with one attached hydrogen (secondary N) is 1. The summed E-state index contributed by atoms with van der Waals surface area (Å²) in [6.07, 6.45) is 3.54. The molecule has 0 fully saturated rings. The second kappa shape index (κ2) is 9.31. The van der Waals surface area contributed by atoms with Gasteiger partial charge in [-0.25, -0.2) is 8.78 Å². The molecule has 0 bridgehead atoms. The molecule has 4 rings (SSSR count). The molecule has 0 aliphatic heterocycles. The number of anilines is 1. The van der Waals surface area contributed by atoms with Crippen molar-refractivity contribution in [2.24, 2.45) is 0 Å². The number of hydrogen-bond acceptors (Lipinski definition) is 5. The van der Waals surface area contributed by atoms with Crippen molar-refractivity contribution in [2.45, 2.75) is 20.1 Å². The first-order chi connectivity index (χ1) is 15.4. The van der Waals surface area contributed by atoms with Crippen LogP contribution in [0.15, 0.2) is 63.9 Å². The Labute approximate surface area is 190 Å². The molecule has 0 radical (unpaired) electrons. The summed E-state index contributed by atoms with van der Waals surface area (Å²) in [6, 6.07) is 10.3. The van der Waals surface area contributed by atoms with E-state index in [4.69, 9.17) is 9.26 Å². The van der Waals surface area contributed by atoms with Crippen LogP contribution in [0.1, 0.15) is 27.4 Å². The number of amides is 1. The smallest absolute Gasteiger partial charge is 0.278 e. The Morgan fingerprint density at radius 2 is 2.09 bits per heavy atom. The number of halogens is 3. The van der Waals surface area contributed by atoms with E-state index in [0.717, 1.165) is 22.2 Å². The molecule has 2 heterocycles. The van der Waals surface area contributed by atoms with Gasteiger partial charge < -0.3 is 14.6 Å². The fourth-order valence-electron chi connectivity index (χ4n) is 3.03. The second-order valence-electron chi connectivity index (χ2n) is 6.94. The normalized spacial score (nSPS) is 10.9. The van der Waals surface area contributed by atoms with E-state index in [1.165, 1.54) is 6.07 Å². The molecule has 2 aromatic heterocycles. The van der Waals surface area contributed by atoms with Crippen LogP contribution < -0.4 is 10.1 Å². The van der Waals surface area contributed by atoms with Crippen molar-refractivity contribution in [3.63, 3.8) is 0 Å². The zero-order chi connectivity index (χ0) is 22.7. The summed E-state index contributed by atoms with van der Waals surface area (Å²) in [5.74, 6) is -1.84. The van der Waals surface area contributed by atoms with Crippen LogP contribution in [0, 0.1) is 18.6 Å². The molecule has 0 unspecified atom stereocenters. The second-order valence-corrected chi connectivity index (χ2v) is 7.86. The van der Waals surface area contributed by atoms with E-state index >= 15 is 0 Å². The molecule has 0 saturated carbocycles. The molecule has 4 aromatic rings. The van der Waals surface area contributed by atoms with E-state index in [1.807, 2.05) is 24.4 Å². The minimum atomic E-state index is -0.842. The maximum absolute atomic E-state index is 13.8. The lowest BCUT2D eigenvalue weighted by Crippen LogP contribution is -2.15. The van der Waals surface area contributed by atoms with Crippen LogP contribution in [0.25, 0.3) is 0 Å². The number of aromatic nitrogens is 3. The fourth-order valence-corrected chi connectivity index (χ4v) is 3.36. The predicted octanol–water partition coefficient (Wildman–Crippen LogP) is 5.10. The summed E-state index contributed by atoms with van der Waals surface area (Å²) in [5.41, 5.74) is 1.89. The number of benzene rings is 2. The Kier molecular flexibility index (Phi) is 6.31. The monoisotopic (exact) mass is 502 g/mol. The Balaban J connectivity index is 1.46. The molecular weight excluding hydrogens is 486 g/mol. The van der Waals surface area contributed by atoms with Crippen molar-refractivity contribution < 1.29 is 22.8 Å². The van der Waals surface area contributed by atoms with Crippen LogP contribution in [-0.4, -0.2) is 20.8 Å². The Hall–Kier alpha value is -3.53. The zero-order valence-corrected chi connectivity index (χ0v) is 18.4. The lowest BCUT2D eigenvalue weighted by Gasteiger charge is -2.09.